The second-order valence-electron chi connectivity index (χ2n) is 3.97. The van der Waals surface area contributed by atoms with Crippen molar-refractivity contribution in [2.75, 3.05) is 14.2 Å². The lowest BCUT2D eigenvalue weighted by Crippen LogP contribution is -2.40. The first-order valence-electron chi connectivity index (χ1n) is 5.89. The van der Waals surface area contributed by atoms with E-state index in [2.05, 4.69) is 21.2 Å². The Morgan fingerprint density at radius 2 is 1.80 bits per heavy atom. The minimum Gasteiger partial charge on any atom is -0.495 e. The number of hydrogen-bond acceptors (Lipinski definition) is 4. The molecule has 2 N–H and O–H groups in total. The van der Waals surface area contributed by atoms with E-state index in [1.807, 2.05) is 0 Å². The van der Waals surface area contributed by atoms with Crippen molar-refractivity contribution >= 4 is 27.8 Å². The van der Waals surface area contributed by atoms with Crippen LogP contribution in [-0.2, 0) is 4.79 Å². The summed E-state index contributed by atoms with van der Waals surface area (Å²) in [7, 11) is 2.93. The molecule has 110 valence electrons. The number of carboxylic acid groups (broad SMARTS) is 1. The van der Waals surface area contributed by atoms with E-state index in [0.717, 1.165) is 0 Å². The maximum absolute atomic E-state index is 12.1. The van der Waals surface area contributed by atoms with Crippen molar-refractivity contribution in [3.63, 3.8) is 0 Å². The average molecular weight is 346 g/mol. The standard InChI is InChI=1S/C13H16BrNO5/c1-4-8(13(17)18)15-12(16)7-5-9(19-2)11(14)10(6-7)20-3/h5-6,8H,4H2,1-3H3,(H,15,16)(H,17,18). The molecule has 0 aliphatic carbocycles. The van der Waals surface area contributed by atoms with Crippen LogP contribution in [0.1, 0.15) is 23.7 Å². The fraction of sp³-hybridized carbons (Fsp3) is 0.385. The van der Waals surface area contributed by atoms with Crippen LogP contribution in [0.2, 0.25) is 0 Å². The summed E-state index contributed by atoms with van der Waals surface area (Å²) in [5.41, 5.74) is 0.265. The molecule has 1 aromatic rings. The van der Waals surface area contributed by atoms with Gasteiger partial charge in [0.25, 0.3) is 5.91 Å². The zero-order valence-electron chi connectivity index (χ0n) is 11.4. The minimum atomic E-state index is -1.07. The van der Waals surface area contributed by atoms with E-state index in [1.165, 1.54) is 26.4 Å². The number of carboxylic acids is 1. The van der Waals surface area contributed by atoms with Crippen LogP contribution in [0.4, 0.5) is 0 Å². The Balaban J connectivity index is 3.07. The van der Waals surface area contributed by atoms with E-state index in [1.54, 1.807) is 6.92 Å². The number of hydrogen-bond donors (Lipinski definition) is 2. The predicted octanol–water partition coefficient (Wildman–Crippen LogP) is 2.06. The van der Waals surface area contributed by atoms with Gasteiger partial charge in [0, 0.05) is 5.56 Å². The van der Waals surface area contributed by atoms with Gasteiger partial charge in [-0.05, 0) is 34.5 Å². The van der Waals surface area contributed by atoms with E-state index in [0.29, 0.717) is 22.4 Å². The van der Waals surface area contributed by atoms with Crippen molar-refractivity contribution in [1.29, 1.82) is 0 Å². The van der Waals surface area contributed by atoms with Crippen molar-refractivity contribution in [3.05, 3.63) is 22.2 Å². The Morgan fingerprint density at radius 3 is 2.15 bits per heavy atom. The lowest BCUT2D eigenvalue weighted by molar-refractivity contribution is -0.139. The molecule has 6 nitrogen and oxygen atoms in total. The van der Waals surface area contributed by atoms with Crippen LogP contribution < -0.4 is 14.8 Å². The highest BCUT2D eigenvalue weighted by atomic mass is 79.9. The molecule has 0 spiro atoms. The summed E-state index contributed by atoms with van der Waals surface area (Å²) in [6.45, 7) is 1.68. The van der Waals surface area contributed by atoms with E-state index in [-0.39, 0.29) is 5.56 Å². The molecular weight excluding hydrogens is 330 g/mol. The first-order chi connectivity index (χ1) is 9.44. The SMILES string of the molecule is CCC(NC(=O)c1cc(OC)c(Br)c(OC)c1)C(=O)O. The molecule has 1 rings (SSSR count). The predicted molar refractivity (Wildman–Crippen MR) is 76.4 cm³/mol. The fourth-order valence-electron chi connectivity index (χ4n) is 1.58. The van der Waals surface area contributed by atoms with Gasteiger partial charge in [0.15, 0.2) is 0 Å². The zero-order valence-corrected chi connectivity index (χ0v) is 13.0. The number of nitrogens with one attached hydrogen (secondary N) is 1. The van der Waals surface area contributed by atoms with Crippen LogP contribution in [0.3, 0.4) is 0 Å². The lowest BCUT2D eigenvalue weighted by atomic mass is 10.1. The van der Waals surface area contributed by atoms with E-state index in [4.69, 9.17) is 14.6 Å². The summed E-state index contributed by atoms with van der Waals surface area (Å²) in [5, 5.41) is 11.4. The number of amides is 1. The molecule has 7 heteroatoms. The number of halogens is 1. The first kappa shape index (κ1) is 16.3. The summed E-state index contributed by atoms with van der Waals surface area (Å²) in [4.78, 5) is 23.0. The van der Waals surface area contributed by atoms with Gasteiger partial charge in [0.1, 0.15) is 22.0 Å². The Bertz CT molecular complexity index is 492. The quantitative estimate of drug-likeness (QED) is 0.824. The monoisotopic (exact) mass is 345 g/mol. The van der Waals surface area contributed by atoms with Gasteiger partial charge in [-0.2, -0.15) is 0 Å². The lowest BCUT2D eigenvalue weighted by Gasteiger charge is -2.14. The van der Waals surface area contributed by atoms with Gasteiger partial charge in [-0.1, -0.05) is 6.92 Å². The van der Waals surface area contributed by atoms with Crippen LogP contribution in [0.15, 0.2) is 16.6 Å². The van der Waals surface area contributed by atoms with Gasteiger partial charge in [-0.15, -0.1) is 0 Å². The molecule has 20 heavy (non-hydrogen) atoms. The van der Waals surface area contributed by atoms with Crippen LogP contribution >= 0.6 is 15.9 Å². The molecule has 0 aliphatic heterocycles. The smallest absolute Gasteiger partial charge is 0.326 e. The molecule has 0 saturated heterocycles. The average Bonchev–Trinajstić information content (AvgIpc) is 2.44. The molecule has 0 aliphatic rings. The number of carbonyl (C=O) groups excluding carboxylic acids is 1. The van der Waals surface area contributed by atoms with Crippen LogP contribution in [0.5, 0.6) is 11.5 Å². The third-order valence-electron chi connectivity index (χ3n) is 2.72. The largest absolute Gasteiger partial charge is 0.495 e. The molecule has 1 amide bonds. The van der Waals surface area contributed by atoms with E-state index < -0.39 is 17.9 Å². The summed E-state index contributed by atoms with van der Waals surface area (Å²) in [6.07, 6.45) is 0.297. The summed E-state index contributed by atoms with van der Waals surface area (Å²) < 4.78 is 10.9. The van der Waals surface area contributed by atoms with Crippen LogP contribution in [0.25, 0.3) is 0 Å². The second-order valence-corrected chi connectivity index (χ2v) is 4.76. The topological polar surface area (TPSA) is 84.9 Å². The first-order valence-corrected chi connectivity index (χ1v) is 6.69. The molecular formula is C13H16BrNO5. The maximum atomic E-state index is 12.1. The van der Waals surface area contributed by atoms with Gasteiger partial charge in [-0.3, -0.25) is 4.79 Å². The molecule has 1 atom stereocenters. The molecule has 0 radical (unpaired) electrons. The summed E-state index contributed by atoms with van der Waals surface area (Å²) >= 11 is 3.30. The molecule has 1 aromatic carbocycles. The highest BCUT2D eigenvalue weighted by Gasteiger charge is 2.20. The maximum Gasteiger partial charge on any atom is 0.326 e. The highest BCUT2D eigenvalue weighted by Crippen LogP contribution is 2.35. The van der Waals surface area contributed by atoms with Crippen molar-refractivity contribution < 1.29 is 24.2 Å². The Kier molecular flexibility index (Phi) is 5.82. The molecule has 0 fully saturated rings. The summed E-state index contributed by atoms with van der Waals surface area (Å²) in [5.74, 6) is -0.712. The molecule has 0 aromatic heterocycles. The van der Waals surface area contributed by atoms with E-state index >= 15 is 0 Å². The van der Waals surface area contributed by atoms with Crippen molar-refractivity contribution in [2.45, 2.75) is 19.4 Å². The molecule has 1 unspecified atom stereocenters. The fourth-order valence-corrected chi connectivity index (χ4v) is 2.13. The number of aliphatic carboxylic acids is 1. The Morgan fingerprint density at radius 1 is 1.30 bits per heavy atom. The molecule has 0 bridgehead atoms. The third kappa shape index (κ3) is 3.63. The number of carbonyl (C=O) groups is 2. The van der Waals surface area contributed by atoms with E-state index in [9.17, 15) is 9.59 Å². The third-order valence-corrected chi connectivity index (χ3v) is 3.50. The zero-order chi connectivity index (χ0) is 15.3. The van der Waals surface area contributed by atoms with Crippen LogP contribution in [-0.4, -0.2) is 37.2 Å². The number of benzene rings is 1. The summed E-state index contributed by atoms with van der Waals surface area (Å²) in [6, 6.07) is 2.09. The molecule has 0 saturated carbocycles. The van der Waals surface area contributed by atoms with Gasteiger partial charge in [0.2, 0.25) is 0 Å². The van der Waals surface area contributed by atoms with Crippen molar-refractivity contribution in [2.24, 2.45) is 0 Å². The van der Waals surface area contributed by atoms with Crippen LogP contribution in [0, 0.1) is 0 Å². The van der Waals surface area contributed by atoms with Gasteiger partial charge >= 0.3 is 5.97 Å². The van der Waals surface area contributed by atoms with Gasteiger partial charge in [0.05, 0.1) is 14.2 Å². The number of methoxy groups -OCH3 is 2. The Labute approximate surface area is 125 Å². The van der Waals surface area contributed by atoms with Crippen molar-refractivity contribution in [3.8, 4) is 11.5 Å². The van der Waals surface area contributed by atoms with Gasteiger partial charge < -0.3 is 19.9 Å². The van der Waals surface area contributed by atoms with Gasteiger partial charge in [-0.25, -0.2) is 4.79 Å². The number of ether oxygens (including phenoxy) is 2. The second kappa shape index (κ2) is 7.14. The number of rotatable bonds is 6. The Hall–Kier alpha value is -1.76. The minimum absolute atomic E-state index is 0.265. The highest BCUT2D eigenvalue weighted by molar-refractivity contribution is 9.10. The normalized spacial score (nSPS) is 11.6. The van der Waals surface area contributed by atoms with Crippen molar-refractivity contribution in [1.82, 2.24) is 5.32 Å². The molecule has 0 heterocycles.